The Hall–Kier alpha value is -1.03. The number of hydrogen-bond acceptors (Lipinski definition) is 1. The van der Waals surface area contributed by atoms with Crippen molar-refractivity contribution in [2.45, 2.75) is 155 Å². The van der Waals surface area contributed by atoms with Crippen LogP contribution in [0.25, 0.3) is 0 Å². The van der Waals surface area contributed by atoms with E-state index in [1.54, 1.807) is 0 Å². The number of unbranched alkanes of at least 4 members (excludes halogenated alkanes) is 16. The highest BCUT2D eigenvalue weighted by molar-refractivity contribution is 4.92. The fraction of sp³-hybridized carbons (Fsp3) is 0.833. The monoisotopic (exact) mass is 429 g/mol. The van der Waals surface area contributed by atoms with Gasteiger partial charge in [0, 0.05) is 5.92 Å². The van der Waals surface area contributed by atoms with Crippen molar-refractivity contribution in [3.8, 4) is 6.07 Å². The molecule has 0 N–H and O–H groups in total. The zero-order valence-corrected chi connectivity index (χ0v) is 21.4. The van der Waals surface area contributed by atoms with E-state index in [-0.39, 0.29) is 0 Å². The summed E-state index contributed by atoms with van der Waals surface area (Å²) in [5.74, 6) is 0.314. The van der Waals surface area contributed by atoms with Gasteiger partial charge in [-0.05, 0) is 44.9 Å². The van der Waals surface area contributed by atoms with Crippen LogP contribution in [0.5, 0.6) is 0 Å². The second kappa shape index (κ2) is 27.0. The summed E-state index contributed by atoms with van der Waals surface area (Å²) in [4.78, 5) is 0. The van der Waals surface area contributed by atoms with Crippen LogP contribution in [0.4, 0.5) is 0 Å². The van der Waals surface area contributed by atoms with Crippen molar-refractivity contribution in [3.63, 3.8) is 0 Å². The molecule has 0 heterocycles. The molecule has 0 amide bonds. The smallest absolute Gasteiger partial charge is 0.0655 e. The van der Waals surface area contributed by atoms with Crippen LogP contribution in [0.15, 0.2) is 24.3 Å². The van der Waals surface area contributed by atoms with E-state index < -0.39 is 0 Å². The van der Waals surface area contributed by atoms with Crippen molar-refractivity contribution in [1.82, 2.24) is 0 Å². The van der Waals surface area contributed by atoms with Gasteiger partial charge in [-0.25, -0.2) is 0 Å². The summed E-state index contributed by atoms with van der Waals surface area (Å²) >= 11 is 0. The van der Waals surface area contributed by atoms with E-state index >= 15 is 0 Å². The van der Waals surface area contributed by atoms with Crippen LogP contribution >= 0.6 is 0 Å². The van der Waals surface area contributed by atoms with Crippen molar-refractivity contribution in [2.24, 2.45) is 5.92 Å². The summed E-state index contributed by atoms with van der Waals surface area (Å²) in [6.45, 7) is 4.53. The minimum absolute atomic E-state index is 0.314. The van der Waals surface area contributed by atoms with Crippen molar-refractivity contribution in [3.05, 3.63) is 24.3 Å². The lowest BCUT2D eigenvalue weighted by atomic mass is 9.95. The number of rotatable bonds is 24. The highest BCUT2D eigenvalue weighted by atomic mass is 14.3. The average molecular weight is 430 g/mol. The summed E-state index contributed by atoms with van der Waals surface area (Å²) in [5.41, 5.74) is 0. The molecule has 1 heteroatoms. The van der Waals surface area contributed by atoms with E-state index in [0.717, 1.165) is 19.3 Å². The fourth-order valence-electron chi connectivity index (χ4n) is 4.18. The molecule has 0 rings (SSSR count). The van der Waals surface area contributed by atoms with Gasteiger partial charge in [0.15, 0.2) is 0 Å². The molecule has 0 aromatic heterocycles. The van der Waals surface area contributed by atoms with Gasteiger partial charge in [-0.2, -0.15) is 5.26 Å². The van der Waals surface area contributed by atoms with Crippen molar-refractivity contribution in [2.75, 3.05) is 0 Å². The van der Waals surface area contributed by atoms with Crippen LogP contribution in [-0.2, 0) is 0 Å². The maximum atomic E-state index is 9.37. The Bertz CT molecular complexity index is 428. The molecular formula is C30H55N. The van der Waals surface area contributed by atoms with E-state index in [9.17, 15) is 5.26 Å². The first-order chi connectivity index (χ1) is 15.3. The van der Waals surface area contributed by atoms with Gasteiger partial charge in [0.2, 0.25) is 0 Å². The molecule has 180 valence electrons. The lowest BCUT2D eigenvalue weighted by molar-refractivity contribution is 0.470. The molecule has 0 aromatic carbocycles. The lowest BCUT2D eigenvalue weighted by Crippen LogP contribution is -1.97. The summed E-state index contributed by atoms with van der Waals surface area (Å²) in [7, 11) is 0. The van der Waals surface area contributed by atoms with Gasteiger partial charge in [0.1, 0.15) is 0 Å². The zero-order valence-electron chi connectivity index (χ0n) is 21.4. The molecule has 1 unspecified atom stereocenters. The van der Waals surface area contributed by atoms with E-state index in [0.29, 0.717) is 5.92 Å². The first kappa shape index (κ1) is 30.0. The predicted molar refractivity (Wildman–Crippen MR) is 140 cm³/mol. The van der Waals surface area contributed by atoms with Gasteiger partial charge < -0.3 is 0 Å². The molecule has 1 atom stereocenters. The number of nitrogens with zero attached hydrogens (tertiary/aromatic N) is 1. The second-order valence-electron chi connectivity index (χ2n) is 9.46. The molecule has 1 nitrogen and oxygen atoms in total. The van der Waals surface area contributed by atoms with Crippen molar-refractivity contribution >= 4 is 0 Å². The second-order valence-corrected chi connectivity index (χ2v) is 9.46. The molecule has 0 aliphatic carbocycles. The van der Waals surface area contributed by atoms with Crippen LogP contribution in [0.1, 0.15) is 155 Å². The molecule has 0 bridgehead atoms. The average Bonchev–Trinajstić information content (AvgIpc) is 2.79. The first-order valence-corrected chi connectivity index (χ1v) is 14.0. The third-order valence-electron chi connectivity index (χ3n) is 6.34. The Balaban J connectivity index is 3.35. The largest absolute Gasteiger partial charge is 0.198 e. The lowest BCUT2D eigenvalue weighted by Gasteiger charge is -2.09. The Labute approximate surface area is 196 Å². The molecule has 31 heavy (non-hydrogen) atoms. The number of allylic oxidation sites excluding steroid dienone is 4. The van der Waals surface area contributed by atoms with Crippen LogP contribution in [0.3, 0.4) is 0 Å². The highest BCUT2D eigenvalue weighted by Gasteiger charge is 2.06. The molecule has 0 radical (unpaired) electrons. The Kier molecular flexibility index (Phi) is 26.1. The molecular weight excluding hydrogens is 374 g/mol. The van der Waals surface area contributed by atoms with E-state index in [1.165, 1.54) is 122 Å². The zero-order chi connectivity index (χ0) is 22.7. The van der Waals surface area contributed by atoms with Gasteiger partial charge in [0.25, 0.3) is 0 Å². The first-order valence-electron chi connectivity index (χ1n) is 14.0. The summed E-state index contributed by atoms with van der Waals surface area (Å²) in [6.07, 6.45) is 38.1. The number of nitriles is 1. The SMILES string of the molecule is CCCCCC=CCC=CCCCCCCCCCC(C#N)CCCCCCCCC. The summed E-state index contributed by atoms with van der Waals surface area (Å²) < 4.78 is 0. The normalized spacial score (nSPS) is 12.7. The predicted octanol–water partition coefficient (Wildman–Crippen LogP) is 10.9. The van der Waals surface area contributed by atoms with Crippen molar-refractivity contribution < 1.29 is 0 Å². The Morgan fingerprint density at radius 2 is 0.903 bits per heavy atom. The van der Waals surface area contributed by atoms with Gasteiger partial charge in [0.05, 0.1) is 6.07 Å². The van der Waals surface area contributed by atoms with E-state index in [1.807, 2.05) is 0 Å². The Morgan fingerprint density at radius 1 is 0.516 bits per heavy atom. The van der Waals surface area contributed by atoms with E-state index in [4.69, 9.17) is 0 Å². The van der Waals surface area contributed by atoms with Gasteiger partial charge >= 0.3 is 0 Å². The van der Waals surface area contributed by atoms with Crippen LogP contribution in [0, 0.1) is 17.2 Å². The minimum atomic E-state index is 0.314. The minimum Gasteiger partial charge on any atom is -0.198 e. The van der Waals surface area contributed by atoms with Crippen LogP contribution in [-0.4, -0.2) is 0 Å². The van der Waals surface area contributed by atoms with Crippen LogP contribution in [0.2, 0.25) is 0 Å². The topological polar surface area (TPSA) is 23.8 Å². The van der Waals surface area contributed by atoms with Gasteiger partial charge in [-0.1, -0.05) is 134 Å². The summed E-state index contributed by atoms with van der Waals surface area (Å²) in [6, 6.07) is 2.56. The maximum absolute atomic E-state index is 9.37. The molecule has 0 spiro atoms. The fourth-order valence-corrected chi connectivity index (χ4v) is 4.18. The third-order valence-corrected chi connectivity index (χ3v) is 6.34. The standard InChI is InChI=1S/C30H55N/c1-3-5-7-9-11-12-13-14-15-16-17-18-19-20-22-24-26-28-30(29-31)27-25-23-21-10-8-6-4-2/h11-12,14-15,30H,3-10,13,16-28H2,1-2H3. The molecule has 0 saturated heterocycles. The van der Waals surface area contributed by atoms with Gasteiger partial charge in [-0.3, -0.25) is 0 Å². The summed E-state index contributed by atoms with van der Waals surface area (Å²) in [5, 5.41) is 9.37. The van der Waals surface area contributed by atoms with E-state index in [2.05, 4.69) is 44.2 Å². The van der Waals surface area contributed by atoms with Crippen LogP contribution < -0.4 is 0 Å². The van der Waals surface area contributed by atoms with Gasteiger partial charge in [-0.15, -0.1) is 0 Å². The molecule has 0 fully saturated rings. The molecule has 0 aliphatic rings. The quantitative estimate of drug-likeness (QED) is 0.110. The molecule has 0 aromatic rings. The highest BCUT2D eigenvalue weighted by Crippen LogP contribution is 2.19. The third kappa shape index (κ3) is 25.1. The Morgan fingerprint density at radius 3 is 1.39 bits per heavy atom. The van der Waals surface area contributed by atoms with Crippen molar-refractivity contribution in [1.29, 1.82) is 5.26 Å². The molecule has 0 aliphatic heterocycles. The maximum Gasteiger partial charge on any atom is 0.0655 e. The molecule has 0 saturated carbocycles. The number of hydrogen-bond donors (Lipinski definition) is 0.